The number of likely N-dealkylation sites (tertiary alicyclic amines) is 1. The van der Waals surface area contributed by atoms with Crippen molar-refractivity contribution in [2.24, 2.45) is 5.92 Å². The maximum absolute atomic E-state index is 12.4. The van der Waals surface area contributed by atoms with E-state index in [4.69, 9.17) is 4.74 Å². The summed E-state index contributed by atoms with van der Waals surface area (Å²) in [6.45, 7) is 1.10. The third kappa shape index (κ3) is 5.77. The van der Waals surface area contributed by atoms with Gasteiger partial charge in [0, 0.05) is 34.1 Å². The van der Waals surface area contributed by atoms with E-state index in [0.29, 0.717) is 37.5 Å². The van der Waals surface area contributed by atoms with Gasteiger partial charge in [0.1, 0.15) is 11.6 Å². The van der Waals surface area contributed by atoms with E-state index < -0.39 is 0 Å². The Morgan fingerprint density at radius 2 is 1.74 bits per heavy atom. The van der Waals surface area contributed by atoms with E-state index in [2.05, 4.69) is 42.2 Å². The van der Waals surface area contributed by atoms with E-state index in [1.807, 2.05) is 30.3 Å². The Labute approximate surface area is 174 Å². The van der Waals surface area contributed by atoms with Crippen molar-refractivity contribution in [1.29, 1.82) is 0 Å². The number of ether oxygens (including phenoxy) is 1. The van der Waals surface area contributed by atoms with Gasteiger partial charge in [0.15, 0.2) is 6.61 Å². The van der Waals surface area contributed by atoms with Crippen molar-refractivity contribution in [3.63, 3.8) is 0 Å². The molecule has 2 amide bonds. The number of carbonyl (C=O) groups is 2. The fourth-order valence-electron chi connectivity index (χ4n) is 2.84. The number of hydrogen-bond donors (Lipinski definition) is 1. The lowest BCUT2D eigenvalue weighted by atomic mass is 9.96. The summed E-state index contributed by atoms with van der Waals surface area (Å²) in [7, 11) is 0. The van der Waals surface area contributed by atoms with Gasteiger partial charge in [0.25, 0.3) is 5.91 Å². The van der Waals surface area contributed by atoms with Crippen LogP contribution in [0.1, 0.15) is 12.8 Å². The molecule has 1 aliphatic rings. The van der Waals surface area contributed by atoms with Crippen molar-refractivity contribution in [1.82, 2.24) is 9.88 Å². The Hall–Kier alpha value is -1.93. The number of amides is 2. The first-order valence-electron chi connectivity index (χ1n) is 8.60. The number of nitrogens with one attached hydrogen (secondary N) is 1. The standard InChI is InChI=1S/C19H19Br2N3O3/c20-14-1-4-16(5-2-14)27-12-18(25)24-9-7-13(8-10-24)19(26)23-17-6-3-15(21)11-22-17/h1-6,11,13H,7-10,12H2,(H,22,23,26). The summed E-state index contributed by atoms with van der Waals surface area (Å²) in [5.41, 5.74) is 0. The second-order valence-electron chi connectivity index (χ2n) is 6.25. The molecule has 3 rings (SSSR count). The van der Waals surface area contributed by atoms with Crippen LogP contribution in [0.4, 0.5) is 5.82 Å². The fourth-order valence-corrected chi connectivity index (χ4v) is 3.34. The quantitative estimate of drug-likeness (QED) is 0.682. The molecule has 6 nitrogen and oxygen atoms in total. The Morgan fingerprint density at radius 1 is 1.07 bits per heavy atom. The van der Waals surface area contributed by atoms with Gasteiger partial charge >= 0.3 is 0 Å². The molecule has 8 heteroatoms. The number of carbonyl (C=O) groups excluding carboxylic acids is 2. The van der Waals surface area contributed by atoms with Crippen molar-refractivity contribution in [2.75, 3.05) is 25.0 Å². The zero-order valence-electron chi connectivity index (χ0n) is 14.5. The summed E-state index contributed by atoms with van der Waals surface area (Å²) in [5.74, 6) is 0.952. The van der Waals surface area contributed by atoms with Crippen molar-refractivity contribution >= 4 is 49.5 Å². The molecule has 1 N–H and O–H groups in total. The van der Waals surface area contributed by atoms with Crippen LogP contribution in [0.25, 0.3) is 0 Å². The topological polar surface area (TPSA) is 71.5 Å². The van der Waals surface area contributed by atoms with Gasteiger partial charge in [-0.25, -0.2) is 4.98 Å². The van der Waals surface area contributed by atoms with Gasteiger partial charge in [-0.05, 0) is 65.2 Å². The normalized spacial score (nSPS) is 14.7. The highest BCUT2D eigenvalue weighted by Crippen LogP contribution is 2.20. The molecular weight excluding hydrogens is 478 g/mol. The average molecular weight is 497 g/mol. The second-order valence-corrected chi connectivity index (χ2v) is 8.08. The number of nitrogens with zero attached hydrogens (tertiary/aromatic N) is 2. The predicted octanol–water partition coefficient (Wildman–Crippen LogP) is 3.86. The van der Waals surface area contributed by atoms with Gasteiger partial charge in [-0.1, -0.05) is 15.9 Å². The third-order valence-electron chi connectivity index (χ3n) is 4.37. The van der Waals surface area contributed by atoms with Crippen LogP contribution in [0.5, 0.6) is 5.75 Å². The van der Waals surface area contributed by atoms with Gasteiger partial charge in [0.2, 0.25) is 5.91 Å². The Balaban J connectivity index is 1.43. The highest BCUT2D eigenvalue weighted by Gasteiger charge is 2.27. The van der Waals surface area contributed by atoms with Crippen molar-refractivity contribution in [3.8, 4) is 5.75 Å². The molecule has 2 aromatic rings. The summed E-state index contributed by atoms with van der Waals surface area (Å²) in [6.07, 6.45) is 2.90. The molecule has 1 saturated heterocycles. The summed E-state index contributed by atoms with van der Waals surface area (Å²) >= 11 is 6.67. The smallest absolute Gasteiger partial charge is 0.260 e. The van der Waals surface area contributed by atoms with Crippen LogP contribution in [0.3, 0.4) is 0 Å². The van der Waals surface area contributed by atoms with Crippen LogP contribution in [0.2, 0.25) is 0 Å². The van der Waals surface area contributed by atoms with Crippen LogP contribution in [-0.4, -0.2) is 41.4 Å². The minimum absolute atomic E-state index is 0.00130. The minimum atomic E-state index is -0.119. The van der Waals surface area contributed by atoms with Gasteiger partial charge in [-0.3, -0.25) is 9.59 Å². The monoisotopic (exact) mass is 495 g/mol. The number of benzene rings is 1. The third-order valence-corrected chi connectivity index (χ3v) is 5.37. The zero-order chi connectivity index (χ0) is 19.2. The molecule has 142 valence electrons. The molecule has 1 aliphatic heterocycles. The number of hydrogen-bond acceptors (Lipinski definition) is 4. The molecule has 1 aromatic heterocycles. The molecule has 0 saturated carbocycles. The number of anilines is 1. The lowest BCUT2D eigenvalue weighted by Gasteiger charge is -2.31. The Kier molecular flexibility index (Phi) is 6.84. The van der Waals surface area contributed by atoms with E-state index in [1.54, 1.807) is 17.2 Å². The van der Waals surface area contributed by atoms with Crippen LogP contribution in [0.15, 0.2) is 51.5 Å². The molecule has 0 bridgehead atoms. The number of piperidine rings is 1. The summed E-state index contributed by atoms with van der Waals surface area (Å²) in [4.78, 5) is 30.6. The highest BCUT2D eigenvalue weighted by atomic mass is 79.9. The van der Waals surface area contributed by atoms with Crippen molar-refractivity contribution in [2.45, 2.75) is 12.8 Å². The van der Waals surface area contributed by atoms with Gasteiger partial charge in [0.05, 0.1) is 0 Å². The lowest BCUT2D eigenvalue weighted by Crippen LogP contribution is -2.43. The lowest BCUT2D eigenvalue weighted by molar-refractivity contribution is -0.136. The summed E-state index contributed by atoms with van der Waals surface area (Å²) in [5, 5.41) is 2.83. The van der Waals surface area contributed by atoms with E-state index in [9.17, 15) is 9.59 Å². The molecule has 2 heterocycles. The first-order chi connectivity index (χ1) is 13.0. The molecule has 0 spiro atoms. The number of rotatable bonds is 5. The zero-order valence-corrected chi connectivity index (χ0v) is 17.7. The fraction of sp³-hybridized carbons (Fsp3) is 0.316. The molecule has 27 heavy (non-hydrogen) atoms. The number of aromatic nitrogens is 1. The average Bonchev–Trinajstić information content (AvgIpc) is 2.69. The minimum Gasteiger partial charge on any atom is -0.484 e. The molecule has 0 radical (unpaired) electrons. The second kappa shape index (κ2) is 9.32. The Morgan fingerprint density at radius 3 is 2.37 bits per heavy atom. The molecular formula is C19H19Br2N3O3. The first kappa shape index (κ1) is 19.8. The molecule has 0 aliphatic carbocycles. The van der Waals surface area contributed by atoms with E-state index in [-0.39, 0.29) is 24.3 Å². The summed E-state index contributed by atoms with van der Waals surface area (Å²) < 4.78 is 7.35. The SMILES string of the molecule is O=C(Nc1ccc(Br)cn1)C1CCN(C(=O)COc2ccc(Br)cc2)CC1. The van der Waals surface area contributed by atoms with E-state index in [1.165, 1.54) is 0 Å². The molecule has 1 aromatic carbocycles. The van der Waals surface area contributed by atoms with Gasteiger partial charge in [-0.2, -0.15) is 0 Å². The summed E-state index contributed by atoms with van der Waals surface area (Å²) in [6, 6.07) is 10.9. The first-order valence-corrected chi connectivity index (χ1v) is 10.2. The Bertz CT molecular complexity index is 789. The van der Waals surface area contributed by atoms with Crippen LogP contribution >= 0.6 is 31.9 Å². The maximum Gasteiger partial charge on any atom is 0.260 e. The number of halogens is 2. The highest BCUT2D eigenvalue weighted by molar-refractivity contribution is 9.10. The van der Waals surface area contributed by atoms with Crippen LogP contribution in [0, 0.1) is 5.92 Å². The van der Waals surface area contributed by atoms with Gasteiger partial charge in [-0.15, -0.1) is 0 Å². The molecule has 0 atom stereocenters. The predicted molar refractivity (Wildman–Crippen MR) is 110 cm³/mol. The van der Waals surface area contributed by atoms with E-state index >= 15 is 0 Å². The largest absolute Gasteiger partial charge is 0.484 e. The molecule has 0 unspecified atom stereocenters. The van der Waals surface area contributed by atoms with Crippen LogP contribution < -0.4 is 10.1 Å². The van der Waals surface area contributed by atoms with Crippen molar-refractivity contribution < 1.29 is 14.3 Å². The number of pyridine rings is 1. The molecule has 1 fully saturated rings. The van der Waals surface area contributed by atoms with Crippen LogP contribution in [-0.2, 0) is 9.59 Å². The van der Waals surface area contributed by atoms with Crippen molar-refractivity contribution in [3.05, 3.63) is 51.5 Å². The van der Waals surface area contributed by atoms with E-state index in [0.717, 1.165) is 8.95 Å². The maximum atomic E-state index is 12.4. The van der Waals surface area contributed by atoms with Gasteiger partial charge < -0.3 is 15.0 Å².